The zero-order valence-electron chi connectivity index (χ0n) is 7.37. The highest BCUT2D eigenvalue weighted by Crippen LogP contribution is 1.97. The van der Waals surface area contributed by atoms with Gasteiger partial charge in [0.25, 0.3) is 0 Å². The Balaban J connectivity index is 3.50. The van der Waals surface area contributed by atoms with Crippen LogP contribution >= 0.6 is 0 Å². The molecule has 0 aromatic carbocycles. The van der Waals surface area contributed by atoms with Crippen LogP contribution in [0.5, 0.6) is 0 Å². The Hall–Kier alpha value is -0.540. The van der Waals surface area contributed by atoms with Gasteiger partial charge in [-0.2, -0.15) is 0 Å². The number of ether oxygens (including phenoxy) is 3. The fourth-order valence-electron chi connectivity index (χ4n) is 0.542. The molecule has 0 rings (SSSR count). The van der Waals surface area contributed by atoms with E-state index in [1.54, 1.807) is 12.3 Å². The van der Waals surface area contributed by atoms with E-state index in [9.17, 15) is 0 Å². The molecule has 0 saturated heterocycles. The van der Waals surface area contributed by atoms with Crippen molar-refractivity contribution in [1.29, 1.82) is 0 Å². The van der Waals surface area contributed by atoms with Crippen molar-refractivity contribution in [3.8, 4) is 0 Å². The van der Waals surface area contributed by atoms with E-state index in [1.165, 1.54) is 0 Å². The van der Waals surface area contributed by atoms with Gasteiger partial charge in [0, 0.05) is 0 Å². The molecule has 0 radical (unpaired) electrons. The summed E-state index contributed by atoms with van der Waals surface area (Å²) in [6, 6.07) is 0. The van der Waals surface area contributed by atoms with Gasteiger partial charge in [-0.3, -0.25) is 0 Å². The minimum Gasteiger partial charge on any atom is -0.450 e. The predicted octanol–water partition coefficient (Wildman–Crippen LogP) is 1.89. The third-order valence-corrected chi connectivity index (χ3v) is 0.931. The first-order chi connectivity index (χ1) is 5.35. The molecule has 0 aliphatic carbocycles. The highest BCUT2D eigenvalue weighted by atomic mass is 16.8. The molecule has 0 spiro atoms. The maximum absolute atomic E-state index is 5.09. The van der Waals surface area contributed by atoms with Crippen LogP contribution in [0, 0.1) is 0 Å². The molecule has 0 fully saturated rings. The molecule has 0 aromatic heterocycles. The topological polar surface area (TPSA) is 27.7 Å². The van der Waals surface area contributed by atoms with Gasteiger partial charge in [-0.05, 0) is 20.8 Å². The largest absolute Gasteiger partial charge is 0.450 e. The van der Waals surface area contributed by atoms with Gasteiger partial charge in [-0.25, -0.2) is 0 Å². The summed E-state index contributed by atoms with van der Waals surface area (Å²) in [6.45, 7) is 6.27. The minimum absolute atomic E-state index is 0.554. The molecule has 0 aliphatic heterocycles. The second kappa shape index (κ2) is 7.57. The lowest BCUT2D eigenvalue weighted by molar-refractivity contribution is -0.261. The molecule has 0 heterocycles. The first-order valence-corrected chi connectivity index (χ1v) is 3.85. The van der Waals surface area contributed by atoms with Gasteiger partial charge >= 0.3 is 6.48 Å². The Morgan fingerprint density at radius 1 is 1.18 bits per heavy atom. The van der Waals surface area contributed by atoms with Crippen LogP contribution in [0.25, 0.3) is 0 Å². The number of hydrogen-bond donors (Lipinski definition) is 0. The molecular formula is C8H16O3. The predicted molar refractivity (Wildman–Crippen MR) is 42.9 cm³/mol. The van der Waals surface area contributed by atoms with Crippen LogP contribution in [0.1, 0.15) is 20.8 Å². The quantitative estimate of drug-likeness (QED) is 0.438. The molecule has 3 heteroatoms. The Morgan fingerprint density at radius 2 is 1.73 bits per heavy atom. The average Bonchev–Trinajstić information content (AvgIpc) is 2.01. The summed E-state index contributed by atoms with van der Waals surface area (Å²) in [6.07, 6.45) is 3.33. The van der Waals surface area contributed by atoms with E-state index in [0.717, 1.165) is 0 Å². The van der Waals surface area contributed by atoms with Crippen LogP contribution < -0.4 is 0 Å². The monoisotopic (exact) mass is 160 g/mol. The maximum atomic E-state index is 5.09. The van der Waals surface area contributed by atoms with Crippen molar-refractivity contribution in [2.24, 2.45) is 0 Å². The Labute approximate surface area is 67.9 Å². The lowest BCUT2D eigenvalue weighted by atomic mass is 10.7. The number of rotatable bonds is 6. The third kappa shape index (κ3) is 5.88. The highest BCUT2D eigenvalue weighted by molar-refractivity contribution is 4.64. The first-order valence-electron chi connectivity index (χ1n) is 3.85. The second-order valence-corrected chi connectivity index (χ2v) is 1.80. The summed E-state index contributed by atoms with van der Waals surface area (Å²) < 4.78 is 15.2. The van der Waals surface area contributed by atoms with E-state index in [-0.39, 0.29) is 0 Å². The van der Waals surface area contributed by atoms with E-state index in [0.29, 0.717) is 13.2 Å². The van der Waals surface area contributed by atoms with Gasteiger partial charge in [-0.1, -0.05) is 6.08 Å². The summed E-state index contributed by atoms with van der Waals surface area (Å²) >= 11 is 0. The van der Waals surface area contributed by atoms with Gasteiger partial charge < -0.3 is 14.2 Å². The first kappa shape index (κ1) is 10.5. The Kier molecular flexibility index (Phi) is 7.19. The van der Waals surface area contributed by atoms with E-state index < -0.39 is 6.48 Å². The Bertz CT molecular complexity index is 95.5. The Morgan fingerprint density at radius 3 is 2.09 bits per heavy atom. The second-order valence-electron chi connectivity index (χ2n) is 1.80. The number of allylic oxidation sites excluding steroid dienone is 1. The molecule has 0 saturated carbocycles. The molecule has 0 N–H and O–H groups in total. The van der Waals surface area contributed by atoms with Crippen molar-refractivity contribution in [2.75, 3.05) is 13.2 Å². The average molecular weight is 160 g/mol. The van der Waals surface area contributed by atoms with Crippen molar-refractivity contribution in [2.45, 2.75) is 27.2 Å². The van der Waals surface area contributed by atoms with E-state index >= 15 is 0 Å². The molecule has 0 aromatic rings. The highest BCUT2D eigenvalue weighted by Gasteiger charge is 2.04. The summed E-state index contributed by atoms with van der Waals surface area (Å²) in [5.74, 6) is 0. The molecular weight excluding hydrogens is 144 g/mol. The lowest BCUT2D eigenvalue weighted by Crippen LogP contribution is -2.18. The molecule has 0 atom stereocenters. The molecule has 0 aliphatic rings. The molecule has 11 heavy (non-hydrogen) atoms. The van der Waals surface area contributed by atoms with Gasteiger partial charge in [0.2, 0.25) is 0 Å². The van der Waals surface area contributed by atoms with Crippen LogP contribution in [0.3, 0.4) is 0 Å². The van der Waals surface area contributed by atoms with Crippen LogP contribution in [0.15, 0.2) is 12.3 Å². The van der Waals surface area contributed by atoms with Crippen molar-refractivity contribution in [3.05, 3.63) is 12.3 Å². The maximum Gasteiger partial charge on any atom is 0.315 e. The number of hydrogen-bond acceptors (Lipinski definition) is 3. The smallest absolute Gasteiger partial charge is 0.315 e. The summed E-state index contributed by atoms with van der Waals surface area (Å²) in [7, 11) is 0. The van der Waals surface area contributed by atoms with Gasteiger partial charge in [0.1, 0.15) is 0 Å². The van der Waals surface area contributed by atoms with Crippen LogP contribution in [0.2, 0.25) is 0 Å². The van der Waals surface area contributed by atoms with Crippen molar-refractivity contribution >= 4 is 0 Å². The lowest BCUT2D eigenvalue weighted by Gasteiger charge is -2.14. The molecule has 66 valence electrons. The van der Waals surface area contributed by atoms with Gasteiger partial charge in [0.05, 0.1) is 19.5 Å². The van der Waals surface area contributed by atoms with E-state index in [2.05, 4.69) is 0 Å². The standard InChI is InChI=1S/C8H16O3/c1-4-7-11-8(9-5-2)10-6-3/h4,7-8H,5-6H2,1-3H3. The molecule has 0 bridgehead atoms. The van der Waals surface area contributed by atoms with Crippen LogP contribution in [0.4, 0.5) is 0 Å². The van der Waals surface area contributed by atoms with E-state index in [1.807, 2.05) is 20.8 Å². The van der Waals surface area contributed by atoms with E-state index in [4.69, 9.17) is 14.2 Å². The van der Waals surface area contributed by atoms with Crippen molar-refractivity contribution in [1.82, 2.24) is 0 Å². The van der Waals surface area contributed by atoms with Gasteiger partial charge in [-0.15, -0.1) is 0 Å². The third-order valence-electron chi connectivity index (χ3n) is 0.931. The summed E-state index contributed by atoms with van der Waals surface area (Å²) in [5.41, 5.74) is 0. The normalized spacial score (nSPS) is 11.3. The van der Waals surface area contributed by atoms with Gasteiger partial charge in [0.15, 0.2) is 0 Å². The van der Waals surface area contributed by atoms with Crippen molar-refractivity contribution in [3.63, 3.8) is 0 Å². The van der Waals surface area contributed by atoms with Crippen molar-refractivity contribution < 1.29 is 14.2 Å². The fourth-order valence-corrected chi connectivity index (χ4v) is 0.542. The fraction of sp³-hybridized carbons (Fsp3) is 0.750. The zero-order valence-corrected chi connectivity index (χ0v) is 7.37. The zero-order chi connectivity index (χ0) is 8.53. The molecule has 3 nitrogen and oxygen atoms in total. The molecule has 0 amide bonds. The summed E-state index contributed by atoms with van der Waals surface area (Å²) in [5, 5.41) is 0. The SMILES string of the molecule is CC=COC(OCC)OCC. The van der Waals surface area contributed by atoms with Crippen LogP contribution in [-0.2, 0) is 14.2 Å². The molecule has 0 unspecified atom stereocenters. The van der Waals surface area contributed by atoms with Crippen LogP contribution in [-0.4, -0.2) is 19.7 Å². The summed E-state index contributed by atoms with van der Waals surface area (Å²) in [4.78, 5) is 0. The minimum atomic E-state index is -0.554.